The Bertz CT molecular complexity index is 758. The number of ketones is 1. The van der Waals surface area contributed by atoms with E-state index in [9.17, 15) is 14.0 Å². The highest BCUT2D eigenvalue weighted by molar-refractivity contribution is 6.35. The zero-order valence-corrected chi connectivity index (χ0v) is 11.7. The molecule has 0 saturated carbocycles. The highest BCUT2D eigenvalue weighted by atomic mass is 35.5. The SMILES string of the molecule is O=C1CCc2cc(C(=O)c3ccccc3Cl)c(F)cc2N1. The van der Waals surface area contributed by atoms with E-state index in [-0.39, 0.29) is 22.1 Å². The predicted molar refractivity (Wildman–Crippen MR) is 78.2 cm³/mol. The third-order valence-electron chi connectivity index (χ3n) is 3.45. The van der Waals surface area contributed by atoms with Gasteiger partial charge in [0.15, 0.2) is 5.78 Å². The summed E-state index contributed by atoms with van der Waals surface area (Å²) < 4.78 is 14.2. The number of anilines is 1. The highest BCUT2D eigenvalue weighted by Gasteiger charge is 2.22. The van der Waals surface area contributed by atoms with Crippen LogP contribution < -0.4 is 5.32 Å². The molecule has 0 aliphatic carbocycles. The van der Waals surface area contributed by atoms with Gasteiger partial charge in [0.1, 0.15) is 5.82 Å². The molecule has 0 aromatic heterocycles. The largest absolute Gasteiger partial charge is 0.326 e. The number of hydrogen-bond acceptors (Lipinski definition) is 2. The standard InChI is InChI=1S/C16H11ClFNO2/c17-12-4-2-1-3-10(12)16(21)11-7-9-5-6-15(20)19-14(9)8-13(11)18/h1-4,7-8H,5-6H2,(H,19,20). The van der Waals surface area contributed by atoms with Crippen molar-refractivity contribution in [1.82, 2.24) is 0 Å². The number of nitrogens with one attached hydrogen (secondary N) is 1. The molecule has 1 amide bonds. The fourth-order valence-electron chi connectivity index (χ4n) is 2.37. The molecule has 0 fully saturated rings. The lowest BCUT2D eigenvalue weighted by atomic mass is 9.96. The second-order valence-corrected chi connectivity index (χ2v) is 5.25. The summed E-state index contributed by atoms with van der Waals surface area (Å²) in [5.74, 6) is -1.27. The van der Waals surface area contributed by atoms with Crippen LogP contribution in [0.3, 0.4) is 0 Å². The van der Waals surface area contributed by atoms with Crippen LogP contribution in [0.25, 0.3) is 0 Å². The molecule has 2 aromatic rings. The average Bonchev–Trinajstić information content (AvgIpc) is 2.46. The molecule has 1 aliphatic rings. The third kappa shape index (κ3) is 2.54. The Balaban J connectivity index is 2.05. The van der Waals surface area contributed by atoms with Gasteiger partial charge < -0.3 is 5.32 Å². The molecule has 0 bridgehead atoms. The van der Waals surface area contributed by atoms with Crippen LogP contribution in [-0.2, 0) is 11.2 Å². The third-order valence-corrected chi connectivity index (χ3v) is 3.78. The van der Waals surface area contributed by atoms with Gasteiger partial charge in [-0.3, -0.25) is 9.59 Å². The lowest BCUT2D eigenvalue weighted by Crippen LogP contribution is -2.20. The number of carbonyl (C=O) groups is 2. The van der Waals surface area contributed by atoms with E-state index in [0.717, 1.165) is 5.56 Å². The molecule has 0 radical (unpaired) electrons. The van der Waals surface area contributed by atoms with Gasteiger partial charge in [-0.15, -0.1) is 0 Å². The maximum absolute atomic E-state index is 14.2. The minimum absolute atomic E-state index is 0.0296. The molecule has 0 unspecified atom stereocenters. The number of halogens is 2. The first-order valence-corrected chi connectivity index (χ1v) is 6.85. The quantitative estimate of drug-likeness (QED) is 0.862. The number of fused-ring (bicyclic) bond motifs is 1. The summed E-state index contributed by atoms with van der Waals surface area (Å²) in [4.78, 5) is 23.7. The highest BCUT2D eigenvalue weighted by Crippen LogP contribution is 2.28. The Labute approximate surface area is 125 Å². The normalized spacial score (nSPS) is 13.5. The number of benzene rings is 2. The lowest BCUT2D eigenvalue weighted by molar-refractivity contribution is -0.116. The predicted octanol–water partition coefficient (Wildman–Crippen LogP) is 3.59. The zero-order chi connectivity index (χ0) is 15.0. The van der Waals surface area contributed by atoms with Gasteiger partial charge in [0.25, 0.3) is 0 Å². The van der Waals surface area contributed by atoms with Gasteiger partial charge in [0.05, 0.1) is 10.6 Å². The van der Waals surface area contributed by atoms with Crippen molar-refractivity contribution in [3.63, 3.8) is 0 Å². The van der Waals surface area contributed by atoms with Gasteiger partial charge in [0, 0.05) is 17.7 Å². The summed E-state index contributed by atoms with van der Waals surface area (Å²) >= 11 is 5.98. The van der Waals surface area contributed by atoms with Gasteiger partial charge in [-0.1, -0.05) is 23.7 Å². The number of rotatable bonds is 2. The monoisotopic (exact) mass is 303 g/mol. The Hall–Kier alpha value is -2.20. The van der Waals surface area contributed by atoms with E-state index in [1.54, 1.807) is 24.3 Å². The van der Waals surface area contributed by atoms with Crippen molar-refractivity contribution >= 4 is 29.0 Å². The molecular weight excluding hydrogens is 293 g/mol. The Morgan fingerprint density at radius 3 is 2.67 bits per heavy atom. The van der Waals surface area contributed by atoms with Crippen LogP contribution in [0.2, 0.25) is 5.02 Å². The topological polar surface area (TPSA) is 46.2 Å². The zero-order valence-electron chi connectivity index (χ0n) is 11.0. The molecule has 3 nitrogen and oxygen atoms in total. The van der Waals surface area contributed by atoms with E-state index in [1.165, 1.54) is 12.1 Å². The van der Waals surface area contributed by atoms with E-state index in [0.29, 0.717) is 18.5 Å². The Kier molecular flexibility index (Phi) is 3.47. The van der Waals surface area contributed by atoms with Crippen molar-refractivity contribution in [2.75, 3.05) is 5.32 Å². The fraction of sp³-hybridized carbons (Fsp3) is 0.125. The molecule has 2 aromatic carbocycles. The molecule has 3 rings (SSSR count). The van der Waals surface area contributed by atoms with Crippen molar-refractivity contribution in [3.05, 3.63) is 63.9 Å². The van der Waals surface area contributed by atoms with Gasteiger partial charge in [-0.25, -0.2) is 4.39 Å². The molecule has 1 aliphatic heterocycles. The van der Waals surface area contributed by atoms with Crippen LogP contribution in [0.15, 0.2) is 36.4 Å². The first-order chi connectivity index (χ1) is 10.1. The molecule has 1 N–H and O–H groups in total. The van der Waals surface area contributed by atoms with Crippen molar-refractivity contribution in [1.29, 1.82) is 0 Å². The van der Waals surface area contributed by atoms with Crippen LogP contribution in [0, 0.1) is 5.82 Å². The Morgan fingerprint density at radius 2 is 1.90 bits per heavy atom. The molecular formula is C16H11ClFNO2. The summed E-state index contributed by atoms with van der Waals surface area (Å²) in [6.45, 7) is 0. The minimum Gasteiger partial charge on any atom is -0.326 e. The van der Waals surface area contributed by atoms with Crippen molar-refractivity contribution in [3.8, 4) is 0 Å². The van der Waals surface area contributed by atoms with Crippen LogP contribution in [-0.4, -0.2) is 11.7 Å². The average molecular weight is 304 g/mol. The van der Waals surface area contributed by atoms with E-state index in [2.05, 4.69) is 5.32 Å². The molecule has 0 saturated heterocycles. The summed E-state index contributed by atoms with van der Waals surface area (Å²) in [5, 5.41) is 2.89. The van der Waals surface area contributed by atoms with E-state index < -0.39 is 11.6 Å². The second kappa shape index (κ2) is 5.30. The van der Waals surface area contributed by atoms with Crippen LogP contribution in [0.5, 0.6) is 0 Å². The number of amides is 1. The van der Waals surface area contributed by atoms with Crippen molar-refractivity contribution in [2.24, 2.45) is 0 Å². The van der Waals surface area contributed by atoms with Crippen LogP contribution >= 0.6 is 11.6 Å². The van der Waals surface area contributed by atoms with E-state index >= 15 is 0 Å². The van der Waals surface area contributed by atoms with Crippen LogP contribution in [0.4, 0.5) is 10.1 Å². The van der Waals surface area contributed by atoms with E-state index in [1.807, 2.05) is 0 Å². The summed E-state index contributed by atoms with van der Waals surface area (Å²) in [6, 6.07) is 9.22. The van der Waals surface area contributed by atoms with Gasteiger partial charge >= 0.3 is 0 Å². The first-order valence-electron chi connectivity index (χ1n) is 6.48. The minimum atomic E-state index is -0.666. The van der Waals surface area contributed by atoms with E-state index in [4.69, 9.17) is 11.6 Å². The van der Waals surface area contributed by atoms with Crippen molar-refractivity contribution in [2.45, 2.75) is 12.8 Å². The van der Waals surface area contributed by atoms with Gasteiger partial charge in [-0.05, 0) is 36.2 Å². The summed E-state index contributed by atoms with van der Waals surface area (Å²) in [6.07, 6.45) is 0.822. The van der Waals surface area contributed by atoms with Gasteiger partial charge in [-0.2, -0.15) is 0 Å². The Morgan fingerprint density at radius 1 is 1.14 bits per heavy atom. The first kappa shape index (κ1) is 13.8. The summed E-state index contributed by atoms with van der Waals surface area (Å²) in [7, 11) is 0. The molecule has 0 spiro atoms. The number of hydrogen-bond donors (Lipinski definition) is 1. The number of carbonyl (C=O) groups excluding carboxylic acids is 2. The maximum Gasteiger partial charge on any atom is 0.224 e. The molecule has 5 heteroatoms. The fourth-order valence-corrected chi connectivity index (χ4v) is 2.59. The smallest absolute Gasteiger partial charge is 0.224 e. The second-order valence-electron chi connectivity index (χ2n) is 4.85. The van der Waals surface area contributed by atoms with Crippen molar-refractivity contribution < 1.29 is 14.0 Å². The molecule has 0 atom stereocenters. The summed E-state index contributed by atoms with van der Waals surface area (Å²) in [5.41, 5.74) is 1.42. The molecule has 21 heavy (non-hydrogen) atoms. The molecule has 106 valence electrons. The van der Waals surface area contributed by atoms with Crippen LogP contribution in [0.1, 0.15) is 27.9 Å². The lowest BCUT2D eigenvalue weighted by Gasteiger charge is -2.18. The van der Waals surface area contributed by atoms with Gasteiger partial charge in [0.2, 0.25) is 5.91 Å². The molecule has 1 heterocycles. The maximum atomic E-state index is 14.2. The number of aryl methyl sites for hydroxylation is 1.